The van der Waals surface area contributed by atoms with Crippen LogP contribution in [0.5, 0.6) is 0 Å². The van der Waals surface area contributed by atoms with E-state index in [2.05, 4.69) is 4.98 Å². The van der Waals surface area contributed by atoms with Crippen LogP contribution in [0.3, 0.4) is 0 Å². The number of hydrogen-bond donors (Lipinski definition) is 1. The highest BCUT2D eigenvalue weighted by Gasteiger charge is 2.29. The molecule has 2 N–H and O–H groups in total. The highest BCUT2D eigenvalue weighted by atomic mass is 16.2. The van der Waals surface area contributed by atoms with Crippen molar-refractivity contribution < 1.29 is 9.59 Å². The quantitative estimate of drug-likeness (QED) is 0.864. The van der Waals surface area contributed by atoms with Crippen LogP contribution in [0, 0.1) is 12.8 Å². The Morgan fingerprint density at radius 3 is 2.87 bits per heavy atom. The average molecular weight is 314 g/mol. The van der Waals surface area contributed by atoms with Gasteiger partial charge in [0.15, 0.2) is 0 Å². The number of nitrogens with zero attached hydrogens (tertiary/aromatic N) is 3. The molecule has 1 fully saturated rings. The summed E-state index contributed by atoms with van der Waals surface area (Å²) in [6.45, 7) is 2.62. The summed E-state index contributed by atoms with van der Waals surface area (Å²) in [5.41, 5.74) is 6.60. The molecule has 2 amide bonds. The second kappa shape index (κ2) is 5.83. The Balaban J connectivity index is 1.82. The van der Waals surface area contributed by atoms with Gasteiger partial charge in [0.2, 0.25) is 11.8 Å². The third kappa shape index (κ3) is 2.81. The molecule has 2 heterocycles. The van der Waals surface area contributed by atoms with Crippen molar-refractivity contribution in [1.29, 1.82) is 0 Å². The zero-order valence-corrected chi connectivity index (χ0v) is 12.9. The summed E-state index contributed by atoms with van der Waals surface area (Å²) in [7, 11) is 0. The van der Waals surface area contributed by atoms with Crippen molar-refractivity contribution in [1.82, 2.24) is 14.5 Å². The number of likely N-dealkylation sites (tertiary alicyclic amines) is 1. The first-order valence-corrected chi connectivity index (χ1v) is 7.49. The number of primary amides is 1. The Labute approximate surface area is 132 Å². The maximum absolute atomic E-state index is 12.5. The molecule has 0 radical (unpaired) electrons. The number of aryl methyl sites for hydroxylation is 1. The van der Waals surface area contributed by atoms with Crippen molar-refractivity contribution in [3.63, 3.8) is 0 Å². The molecule has 0 saturated carbocycles. The molecular formula is C16H18N4O3. The first kappa shape index (κ1) is 15.2. The van der Waals surface area contributed by atoms with Crippen molar-refractivity contribution in [3.05, 3.63) is 40.4 Å². The normalized spacial score (nSPS) is 17.6. The number of para-hydroxylation sites is 1. The highest BCUT2D eigenvalue weighted by molar-refractivity contribution is 5.82. The number of benzene rings is 1. The van der Waals surface area contributed by atoms with Gasteiger partial charge in [-0.25, -0.2) is 4.98 Å². The molecule has 1 aliphatic heterocycles. The van der Waals surface area contributed by atoms with Gasteiger partial charge in [-0.1, -0.05) is 12.1 Å². The first-order valence-electron chi connectivity index (χ1n) is 7.49. The summed E-state index contributed by atoms with van der Waals surface area (Å²) in [6.07, 6.45) is 1.97. The zero-order valence-electron chi connectivity index (χ0n) is 12.9. The predicted molar refractivity (Wildman–Crippen MR) is 84.6 cm³/mol. The number of amides is 2. The Hall–Kier alpha value is -2.70. The van der Waals surface area contributed by atoms with E-state index in [1.165, 1.54) is 10.9 Å². The van der Waals surface area contributed by atoms with Gasteiger partial charge in [-0.2, -0.15) is 0 Å². The standard InChI is InChI=1S/C16H18N4O3/c1-10-3-2-4-12-14(10)18-9-20(16(12)23)8-13(21)19-6-5-11(7-19)15(17)22/h2-4,9,11H,5-8H2,1H3,(H2,17,22)/t11-/m0/s1. The minimum Gasteiger partial charge on any atom is -0.369 e. The maximum atomic E-state index is 12.5. The van der Waals surface area contributed by atoms with E-state index in [1.807, 2.05) is 13.0 Å². The first-order chi connectivity index (χ1) is 11.0. The van der Waals surface area contributed by atoms with Crippen LogP contribution >= 0.6 is 0 Å². The number of aromatic nitrogens is 2. The summed E-state index contributed by atoms with van der Waals surface area (Å²) in [4.78, 5) is 41.8. The lowest BCUT2D eigenvalue weighted by Gasteiger charge is -2.16. The Kier molecular flexibility index (Phi) is 3.85. The van der Waals surface area contributed by atoms with E-state index >= 15 is 0 Å². The van der Waals surface area contributed by atoms with E-state index in [9.17, 15) is 14.4 Å². The van der Waals surface area contributed by atoms with Crippen LogP contribution in [-0.2, 0) is 16.1 Å². The zero-order chi connectivity index (χ0) is 16.6. The van der Waals surface area contributed by atoms with Crippen molar-refractivity contribution in [2.45, 2.75) is 19.9 Å². The minimum absolute atomic E-state index is 0.0821. The third-order valence-electron chi connectivity index (χ3n) is 4.30. The van der Waals surface area contributed by atoms with E-state index in [-0.39, 0.29) is 29.8 Å². The maximum Gasteiger partial charge on any atom is 0.261 e. The average Bonchev–Trinajstić information content (AvgIpc) is 3.01. The monoisotopic (exact) mass is 314 g/mol. The van der Waals surface area contributed by atoms with Gasteiger partial charge in [0, 0.05) is 13.1 Å². The third-order valence-corrected chi connectivity index (χ3v) is 4.30. The molecule has 1 aromatic carbocycles. The molecule has 1 aliphatic rings. The lowest BCUT2D eigenvalue weighted by atomic mass is 10.1. The van der Waals surface area contributed by atoms with Crippen LogP contribution in [0.15, 0.2) is 29.3 Å². The smallest absolute Gasteiger partial charge is 0.261 e. The molecule has 0 aliphatic carbocycles. The molecule has 120 valence electrons. The molecule has 0 unspecified atom stereocenters. The van der Waals surface area contributed by atoms with Gasteiger partial charge >= 0.3 is 0 Å². The van der Waals surface area contributed by atoms with Crippen LogP contribution in [-0.4, -0.2) is 39.4 Å². The van der Waals surface area contributed by atoms with Crippen molar-refractivity contribution in [2.24, 2.45) is 11.7 Å². The molecule has 7 heteroatoms. The largest absolute Gasteiger partial charge is 0.369 e. The lowest BCUT2D eigenvalue weighted by Crippen LogP contribution is -2.36. The molecule has 23 heavy (non-hydrogen) atoms. The van der Waals surface area contributed by atoms with Gasteiger partial charge in [0.25, 0.3) is 5.56 Å². The van der Waals surface area contributed by atoms with Gasteiger partial charge in [0.05, 0.1) is 23.1 Å². The summed E-state index contributed by atoms with van der Waals surface area (Å²) in [5, 5.41) is 0.497. The van der Waals surface area contributed by atoms with Crippen molar-refractivity contribution >= 4 is 22.7 Å². The van der Waals surface area contributed by atoms with Crippen molar-refractivity contribution in [3.8, 4) is 0 Å². The molecule has 7 nitrogen and oxygen atoms in total. The Morgan fingerprint density at radius 1 is 1.39 bits per heavy atom. The summed E-state index contributed by atoms with van der Waals surface area (Å²) in [6, 6.07) is 5.39. The van der Waals surface area contributed by atoms with Crippen LogP contribution < -0.4 is 11.3 Å². The lowest BCUT2D eigenvalue weighted by molar-refractivity contribution is -0.131. The summed E-state index contributed by atoms with van der Waals surface area (Å²) in [5.74, 6) is -0.891. The molecule has 0 spiro atoms. The molecular weight excluding hydrogens is 296 g/mol. The molecule has 1 atom stereocenters. The van der Waals surface area contributed by atoms with Gasteiger partial charge in [-0.3, -0.25) is 19.0 Å². The van der Waals surface area contributed by atoms with Gasteiger partial charge in [-0.05, 0) is 25.0 Å². The summed E-state index contributed by atoms with van der Waals surface area (Å²) < 4.78 is 1.31. The SMILES string of the molecule is Cc1cccc2c(=O)n(CC(=O)N3CC[C@H](C(N)=O)C3)cnc12. The van der Waals surface area contributed by atoms with Crippen molar-refractivity contribution in [2.75, 3.05) is 13.1 Å². The number of fused-ring (bicyclic) bond motifs is 1. The number of carbonyl (C=O) groups excluding carboxylic acids is 2. The van der Waals surface area contributed by atoms with Crippen LogP contribution in [0.4, 0.5) is 0 Å². The van der Waals surface area contributed by atoms with E-state index < -0.39 is 0 Å². The fourth-order valence-electron chi connectivity index (χ4n) is 2.91. The molecule has 2 aromatic rings. The molecule has 3 rings (SSSR count). The van der Waals surface area contributed by atoms with E-state index in [0.717, 1.165) is 5.56 Å². The number of nitrogens with two attached hydrogens (primary N) is 1. The van der Waals surface area contributed by atoms with Gasteiger partial charge in [-0.15, -0.1) is 0 Å². The second-order valence-electron chi connectivity index (χ2n) is 5.88. The fraction of sp³-hybridized carbons (Fsp3) is 0.375. The second-order valence-corrected chi connectivity index (χ2v) is 5.88. The van der Waals surface area contributed by atoms with E-state index in [1.54, 1.807) is 17.0 Å². The minimum atomic E-state index is -0.389. The topological polar surface area (TPSA) is 98.3 Å². The van der Waals surface area contributed by atoms with Gasteiger partial charge < -0.3 is 10.6 Å². The number of rotatable bonds is 3. The highest BCUT2D eigenvalue weighted by Crippen LogP contribution is 2.16. The number of carbonyl (C=O) groups is 2. The Morgan fingerprint density at radius 2 is 2.17 bits per heavy atom. The van der Waals surface area contributed by atoms with Crippen LogP contribution in [0.1, 0.15) is 12.0 Å². The van der Waals surface area contributed by atoms with Gasteiger partial charge in [0.1, 0.15) is 6.54 Å². The van der Waals surface area contributed by atoms with E-state index in [4.69, 9.17) is 5.73 Å². The fourth-order valence-corrected chi connectivity index (χ4v) is 2.91. The molecule has 1 saturated heterocycles. The van der Waals surface area contributed by atoms with Crippen LogP contribution in [0.2, 0.25) is 0 Å². The number of hydrogen-bond acceptors (Lipinski definition) is 4. The molecule has 0 bridgehead atoms. The molecule has 1 aromatic heterocycles. The Bertz CT molecular complexity index is 843. The summed E-state index contributed by atoms with van der Waals surface area (Å²) >= 11 is 0. The van der Waals surface area contributed by atoms with Crippen LogP contribution in [0.25, 0.3) is 10.9 Å². The van der Waals surface area contributed by atoms with E-state index in [0.29, 0.717) is 30.4 Å². The predicted octanol–water partition coefficient (Wildman–Crippen LogP) is 0.0387.